The molecular formula is C17H14INO2. The summed E-state index contributed by atoms with van der Waals surface area (Å²) in [5.74, 6) is 1.77. The average molecular weight is 391 g/mol. The molecule has 1 aliphatic heterocycles. The molecule has 2 bridgehead atoms. The highest BCUT2D eigenvalue weighted by Gasteiger charge is 2.67. The number of carbonyl (C=O) groups is 2. The van der Waals surface area contributed by atoms with Crippen LogP contribution in [0.25, 0.3) is 0 Å². The summed E-state index contributed by atoms with van der Waals surface area (Å²) >= 11 is 2.22. The lowest BCUT2D eigenvalue weighted by molar-refractivity contribution is -0.124. The molecule has 106 valence electrons. The second-order valence-corrected chi connectivity index (χ2v) is 7.89. The van der Waals surface area contributed by atoms with Crippen molar-refractivity contribution in [3.8, 4) is 0 Å². The fourth-order valence-corrected chi connectivity index (χ4v) is 5.35. The number of anilines is 1. The third-order valence-electron chi connectivity index (χ3n) is 5.73. The van der Waals surface area contributed by atoms with Crippen molar-refractivity contribution in [2.24, 2.45) is 35.5 Å². The van der Waals surface area contributed by atoms with E-state index in [1.807, 2.05) is 24.3 Å². The fraction of sp³-hybridized carbons (Fsp3) is 0.412. The van der Waals surface area contributed by atoms with Crippen LogP contribution in [0.3, 0.4) is 0 Å². The molecule has 3 fully saturated rings. The molecule has 3 nitrogen and oxygen atoms in total. The minimum absolute atomic E-state index is 0.0247. The Morgan fingerprint density at radius 2 is 1.62 bits per heavy atom. The monoisotopic (exact) mass is 391 g/mol. The van der Waals surface area contributed by atoms with Crippen LogP contribution in [0.4, 0.5) is 5.69 Å². The zero-order valence-electron chi connectivity index (χ0n) is 11.3. The van der Waals surface area contributed by atoms with Crippen molar-refractivity contribution in [3.63, 3.8) is 0 Å². The average Bonchev–Trinajstić information content (AvgIpc) is 3.24. The number of hydrogen-bond donors (Lipinski definition) is 0. The lowest BCUT2D eigenvalue weighted by atomic mass is 9.63. The van der Waals surface area contributed by atoms with E-state index in [-0.39, 0.29) is 23.7 Å². The van der Waals surface area contributed by atoms with Gasteiger partial charge in [0.2, 0.25) is 11.8 Å². The van der Waals surface area contributed by atoms with Crippen molar-refractivity contribution < 1.29 is 9.59 Å². The van der Waals surface area contributed by atoms with E-state index >= 15 is 0 Å². The molecule has 1 saturated heterocycles. The van der Waals surface area contributed by atoms with Crippen LogP contribution in [-0.4, -0.2) is 11.8 Å². The molecule has 2 saturated carbocycles. The Morgan fingerprint density at radius 1 is 1.00 bits per heavy atom. The Kier molecular flexibility index (Phi) is 2.34. The van der Waals surface area contributed by atoms with E-state index < -0.39 is 0 Å². The molecule has 4 heteroatoms. The van der Waals surface area contributed by atoms with Crippen LogP contribution in [0.2, 0.25) is 0 Å². The van der Waals surface area contributed by atoms with Gasteiger partial charge in [0, 0.05) is 3.57 Å². The second-order valence-electron chi connectivity index (χ2n) is 6.65. The molecule has 2 amide bonds. The number of rotatable bonds is 1. The van der Waals surface area contributed by atoms with Crippen molar-refractivity contribution in [2.45, 2.75) is 6.42 Å². The highest BCUT2D eigenvalue weighted by molar-refractivity contribution is 14.1. The largest absolute Gasteiger partial charge is 0.274 e. The van der Waals surface area contributed by atoms with E-state index in [1.54, 1.807) is 0 Å². The molecule has 6 rings (SSSR count). The normalized spacial score (nSPS) is 42.2. The molecule has 4 aliphatic carbocycles. The van der Waals surface area contributed by atoms with Crippen molar-refractivity contribution in [1.29, 1.82) is 0 Å². The highest BCUT2D eigenvalue weighted by Crippen LogP contribution is 2.65. The van der Waals surface area contributed by atoms with Gasteiger partial charge in [-0.1, -0.05) is 18.2 Å². The predicted octanol–water partition coefficient (Wildman–Crippen LogP) is 2.85. The second kappa shape index (κ2) is 3.97. The van der Waals surface area contributed by atoms with Gasteiger partial charge in [-0.3, -0.25) is 9.59 Å². The van der Waals surface area contributed by atoms with Gasteiger partial charge in [0.25, 0.3) is 0 Å². The highest BCUT2D eigenvalue weighted by atomic mass is 127. The van der Waals surface area contributed by atoms with Crippen LogP contribution in [0.1, 0.15) is 6.42 Å². The minimum atomic E-state index is -0.103. The van der Waals surface area contributed by atoms with Crippen LogP contribution in [0.15, 0.2) is 36.4 Å². The van der Waals surface area contributed by atoms with Gasteiger partial charge in [-0.25, -0.2) is 4.90 Å². The van der Waals surface area contributed by atoms with E-state index in [2.05, 4.69) is 34.7 Å². The summed E-state index contributed by atoms with van der Waals surface area (Å²) in [7, 11) is 0. The third kappa shape index (κ3) is 1.49. The lowest BCUT2D eigenvalue weighted by Crippen LogP contribution is -2.40. The zero-order chi connectivity index (χ0) is 14.3. The molecule has 1 aromatic rings. The number of amides is 2. The molecule has 0 spiro atoms. The van der Waals surface area contributed by atoms with Gasteiger partial charge < -0.3 is 0 Å². The molecule has 6 atom stereocenters. The quantitative estimate of drug-likeness (QED) is 0.420. The molecule has 5 aliphatic rings. The topological polar surface area (TPSA) is 37.4 Å². The van der Waals surface area contributed by atoms with Gasteiger partial charge in [0.15, 0.2) is 0 Å². The zero-order valence-corrected chi connectivity index (χ0v) is 13.4. The fourth-order valence-electron chi connectivity index (χ4n) is 4.83. The van der Waals surface area contributed by atoms with Gasteiger partial charge in [-0.15, -0.1) is 0 Å². The molecule has 1 aromatic carbocycles. The molecule has 0 aromatic heterocycles. The van der Waals surface area contributed by atoms with Crippen molar-refractivity contribution in [1.82, 2.24) is 0 Å². The number of allylic oxidation sites excluding steroid dienone is 2. The number of imide groups is 1. The van der Waals surface area contributed by atoms with Crippen molar-refractivity contribution in [2.75, 3.05) is 4.90 Å². The third-order valence-corrected chi connectivity index (χ3v) is 6.40. The number of benzene rings is 1. The summed E-state index contributed by atoms with van der Waals surface area (Å²) in [6.07, 6.45) is 5.63. The van der Waals surface area contributed by atoms with E-state index in [0.29, 0.717) is 23.7 Å². The van der Waals surface area contributed by atoms with E-state index in [4.69, 9.17) is 0 Å². The van der Waals surface area contributed by atoms with Crippen LogP contribution in [0.5, 0.6) is 0 Å². The van der Waals surface area contributed by atoms with Crippen LogP contribution < -0.4 is 4.90 Å². The summed E-state index contributed by atoms with van der Waals surface area (Å²) in [5, 5.41) is 0. The van der Waals surface area contributed by atoms with Gasteiger partial charge in [0.05, 0.1) is 17.5 Å². The maximum atomic E-state index is 12.9. The van der Waals surface area contributed by atoms with E-state index in [1.165, 1.54) is 11.3 Å². The number of halogens is 1. The van der Waals surface area contributed by atoms with Gasteiger partial charge in [-0.2, -0.15) is 0 Å². The van der Waals surface area contributed by atoms with E-state index in [9.17, 15) is 9.59 Å². The summed E-state index contributed by atoms with van der Waals surface area (Å²) in [6.45, 7) is 0. The van der Waals surface area contributed by atoms with Crippen LogP contribution >= 0.6 is 22.6 Å². The first kappa shape index (κ1) is 12.4. The molecule has 0 N–H and O–H groups in total. The van der Waals surface area contributed by atoms with Crippen molar-refractivity contribution in [3.05, 3.63) is 40.0 Å². The smallest absolute Gasteiger partial charge is 0.238 e. The Hall–Kier alpha value is -1.17. The number of hydrogen-bond acceptors (Lipinski definition) is 2. The Balaban J connectivity index is 1.60. The maximum Gasteiger partial charge on any atom is 0.238 e. The predicted molar refractivity (Wildman–Crippen MR) is 86.3 cm³/mol. The molecular weight excluding hydrogens is 377 g/mol. The van der Waals surface area contributed by atoms with Crippen LogP contribution in [0, 0.1) is 39.1 Å². The molecule has 1 heterocycles. The standard InChI is InChI=1S/C17H14INO2/c18-8-2-1-3-9(6-8)19-16(20)14-10-4-5-11(13-7-12(10)13)15(14)17(19)21/h1-6,10-15H,7H2/t10-,11-,12-,13-,14+,15+/m1/s1. The molecule has 0 unspecified atom stereocenters. The lowest BCUT2D eigenvalue weighted by Gasteiger charge is -2.37. The van der Waals surface area contributed by atoms with E-state index in [0.717, 1.165) is 9.26 Å². The Bertz CT molecular complexity index is 676. The minimum Gasteiger partial charge on any atom is -0.274 e. The maximum absolute atomic E-state index is 12.9. The summed E-state index contributed by atoms with van der Waals surface area (Å²) < 4.78 is 1.05. The van der Waals surface area contributed by atoms with Gasteiger partial charge in [-0.05, 0) is 70.9 Å². The van der Waals surface area contributed by atoms with Crippen molar-refractivity contribution >= 4 is 40.1 Å². The summed E-state index contributed by atoms with van der Waals surface area (Å²) in [5.41, 5.74) is 0.736. The first-order valence-corrected chi connectivity index (χ1v) is 8.56. The first-order valence-electron chi connectivity index (χ1n) is 7.48. The SMILES string of the molecule is O=C1[C@H]2[C@@H]3C=C[C@H]([C@H]4C[C@H]34)[C@@H]2C(=O)N1c1cccc(I)c1. The number of nitrogens with zero attached hydrogens (tertiary/aromatic N) is 1. The van der Waals surface area contributed by atoms with Gasteiger partial charge in [0.1, 0.15) is 0 Å². The van der Waals surface area contributed by atoms with Crippen LogP contribution in [-0.2, 0) is 9.59 Å². The first-order chi connectivity index (χ1) is 10.2. The Labute approximate surface area is 136 Å². The van der Waals surface area contributed by atoms with Gasteiger partial charge >= 0.3 is 0 Å². The summed E-state index contributed by atoms with van der Waals surface area (Å²) in [4.78, 5) is 27.2. The molecule has 0 radical (unpaired) electrons. The Morgan fingerprint density at radius 3 is 2.19 bits per heavy atom. The number of carbonyl (C=O) groups excluding carboxylic acids is 2. The molecule has 21 heavy (non-hydrogen) atoms. The summed E-state index contributed by atoms with van der Waals surface area (Å²) in [6, 6.07) is 7.67.